The van der Waals surface area contributed by atoms with E-state index in [4.69, 9.17) is 12.2 Å². The molecule has 0 atom stereocenters. The highest BCUT2D eigenvalue weighted by molar-refractivity contribution is 7.71. The molecule has 5 nitrogen and oxygen atoms in total. The van der Waals surface area contributed by atoms with Gasteiger partial charge in [0.15, 0.2) is 4.77 Å². The molecule has 86 valence electrons. The minimum atomic E-state index is 0.341. The monoisotopic (exact) mass is 237 g/mol. The molecule has 1 N–H and O–H groups in total. The van der Waals surface area contributed by atoms with Crippen molar-refractivity contribution in [2.45, 2.75) is 26.3 Å². The Morgan fingerprint density at radius 3 is 2.81 bits per heavy atom. The minimum absolute atomic E-state index is 0.341. The van der Waals surface area contributed by atoms with Crippen LogP contribution in [0.25, 0.3) is 0 Å². The van der Waals surface area contributed by atoms with Gasteiger partial charge in [-0.05, 0) is 12.2 Å². The van der Waals surface area contributed by atoms with Gasteiger partial charge < -0.3 is 4.57 Å². The van der Waals surface area contributed by atoms with Gasteiger partial charge in [-0.2, -0.15) is 5.10 Å². The van der Waals surface area contributed by atoms with E-state index in [1.807, 2.05) is 22.4 Å². The number of nitrogens with zero attached hydrogens (tertiary/aromatic N) is 4. The van der Waals surface area contributed by atoms with Gasteiger partial charge in [-0.1, -0.05) is 13.8 Å². The second-order valence-corrected chi connectivity index (χ2v) is 4.47. The van der Waals surface area contributed by atoms with Crippen LogP contribution in [0.3, 0.4) is 0 Å². The van der Waals surface area contributed by atoms with Gasteiger partial charge in [0.05, 0.1) is 6.54 Å². The normalized spacial score (nSPS) is 11.2. The summed E-state index contributed by atoms with van der Waals surface area (Å²) in [7, 11) is 1.97. The van der Waals surface area contributed by atoms with Crippen LogP contribution in [-0.2, 0) is 13.6 Å². The summed E-state index contributed by atoms with van der Waals surface area (Å²) in [5.74, 6) is 2.28. The van der Waals surface area contributed by atoms with Gasteiger partial charge in [-0.3, -0.25) is 9.67 Å². The molecule has 0 radical (unpaired) electrons. The fourth-order valence-electron chi connectivity index (χ4n) is 1.61. The summed E-state index contributed by atoms with van der Waals surface area (Å²) in [6, 6.07) is 0. The van der Waals surface area contributed by atoms with Crippen molar-refractivity contribution in [3.05, 3.63) is 28.8 Å². The van der Waals surface area contributed by atoms with E-state index in [1.54, 1.807) is 6.20 Å². The van der Waals surface area contributed by atoms with Gasteiger partial charge in [-0.25, -0.2) is 4.98 Å². The van der Waals surface area contributed by atoms with Crippen LogP contribution in [0.5, 0.6) is 0 Å². The lowest BCUT2D eigenvalue weighted by Crippen LogP contribution is -2.10. The molecule has 0 aromatic carbocycles. The van der Waals surface area contributed by atoms with Crippen LogP contribution in [0.4, 0.5) is 0 Å². The highest BCUT2D eigenvalue weighted by Gasteiger charge is 2.11. The molecule has 0 saturated carbocycles. The molecule has 0 bridgehead atoms. The Morgan fingerprint density at radius 1 is 1.50 bits per heavy atom. The quantitative estimate of drug-likeness (QED) is 0.829. The number of aryl methyl sites for hydroxylation is 1. The van der Waals surface area contributed by atoms with Crippen LogP contribution < -0.4 is 0 Å². The summed E-state index contributed by atoms with van der Waals surface area (Å²) in [5.41, 5.74) is 0. The fourth-order valence-corrected chi connectivity index (χ4v) is 1.82. The number of hydrogen-bond acceptors (Lipinski definition) is 3. The Balaban J connectivity index is 2.38. The molecule has 0 amide bonds. The second kappa shape index (κ2) is 4.21. The Bertz CT molecular complexity index is 533. The Labute approximate surface area is 99.1 Å². The zero-order valence-corrected chi connectivity index (χ0v) is 10.5. The van der Waals surface area contributed by atoms with Crippen molar-refractivity contribution in [1.29, 1.82) is 0 Å². The molecule has 0 saturated heterocycles. The van der Waals surface area contributed by atoms with Gasteiger partial charge in [0, 0.05) is 25.4 Å². The SMILES string of the molecule is CC(C)c1n[nH]c(=S)n1Cc1nccn1C. The highest BCUT2D eigenvalue weighted by atomic mass is 32.1. The van der Waals surface area contributed by atoms with E-state index in [-0.39, 0.29) is 0 Å². The Hall–Kier alpha value is -1.43. The first-order chi connectivity index (χ1) is 7.59. The molecule has 0 unspecified atom stereocenters. The topological polar surface area (TPSA) is 51.4 Å². The van der Waals surface area contributed by atoms with E-state index in [0.29, 0.717) is 17.2 Å². The van der Waals surface area contributed by atoms with E-state index in [9.17, 15) is 0 Å². The third-order valence-electron chi connectivity index (χ3n) is 2.52. The predicted molar refractivity (Wildman–Crippen MR) is 63.8 cm³/mol. The molecule has 0 spiro atoms. The lowest BCUT2D eigenvalue weighted by Gasteiger charge is -2.08. The third kappa shape index (κ3) is 1.92. The van der Waals surface area contributed by atoms with Crippen molar-refractivity contribution in [3.63, 3.8) is 0 Å². The molecule has 2 heterocycles. The van der Waals surface area contributed by atoms with E-state index in [1.165, 1.54) is 0 Å². The van der Waals surface area contributed by atoms with Crippen molar-refractivity contribution in [1.82, 2.24) is 24.3 Å². The van der Waals surface area contributed by atoms with Crippen molar-refractivity contribution < 1.29 is 0 Å². The van der Waals surface area contributed by atoms with Gasteiger partial charge in [-0.15, -0.1) is 0 Å². The third-order valence-corrected chi connectivity index (χ3v) is 2.84. The lowest BCUT2D eigenvalue weighted by molar-refractivity contribution is 0.628. The summed E-state index contributed by atoms with van der Waals surface area (Å²) in [6.45, 7) is 4.85. The van der Waals surface area contributed by atoms with Crippen LogP contribution in [-0.4, -0.2) is 24.3 Å². The van der Waals surface area contributed by atoms with E-state index < -0.39 is 0 Å². The van der Waals surface area contributed by atoms with Gasteiger partial charge >= 0.3 is 0 Å². The van der Waals surface area contributed by atoms with Crippen LogP contribution in [0.2, 0.25) is 0 Å². The lowest BCUT2D eigenvalue weighted by atomic mass is 10.2. The highest BCUT2D eigenvalue weighted by Crippen LogP contribution is 2.12. The number of H-pyrrole nitrogens is 1. The molecule has 0 fully saturated rings. The van der Waals surface area contributed by atoms with Crippen molar-refractivity contribution in [3.8, 4) is 0 Å². The second-order valence-electron chi connectivity index (χ2n) is 4.08. The van der Waals surface area contributed by atoms with Crippen LogP contribution >= 0.6 is 12.2 Å². The molecule has 0 aliphatic carbocycles. The molecule has 0 aliphatic rings. The molecule has 2 aromatic rings. The number of aromatic amines is 1. The van der Waals surface area contributed by atoms with Gasteiger partial charge in [0.2, 0.25) is 0 Å². The molecular weight excluding hydrogens is 222 g/mol. The molecular formula is C10H15N5S. The summed E-state index contributed by atoms with van der Waals surface area (Å²) in [4.78, 5) is 4.29. The standard InChI is InChI=1S/C10H15N5S/c1-7(2)9-12-13-10(16)15(9)6-8-11-4-5-14(8)3/h4-5,7H,6H2,1-3H3,(H,13,16). The molecule has 2 aromatic heterocycles. The van der Waals surface area contributed by atoms with Gasteiger partial charge in [0.25, 0.3) is 0 Å². The van der Waals surface area contributed by atoms with Crippen LogP contribution in [0, 0.1) is 4.77 Å². The predicted octanol–water partition coefficient (Wildman–Crippen LogP) is 1.85. The average Bonchev–Trinajstić information content (AvgIpc) is 2.76. The van der Waals surface area contributed by atoms with Crippen molar-refractivity contribution in [2.75, 3.05) is 0 Å². The first kappa shape index (κ1) is 11.1. The van der Waals surface area contributed by atoms with Crippen LogP contribution in [0.15, 0.2) is 12.4 Å². The maximum Gasteiger partial charge on any atom is 0.195 e. The summed E-state index contributed by atoms with van der Waals surface area (Å²) in [5, 5.41) is 7.06. The summed E-state index contributed by atoms with van der Waals surface area (Å²) < 4.78 is 4.62. The van der Waals surface area contributed by atoms with E-state index >= 15 is 0 Å². The Morgan fingerprint density at radius 2 is 2.25 bits per heavy atom. The first-order valence-electron chi connectivity index (χ1n) is 5.21. The number of rotatable bonds is 3. The minimum Gasteiger partial charge on any atom is -0.337 e. The molecule has 2 rings (SSSR count). The largest absolute Gasteiger partial charge is 0.337 e. The zero-order chi connectivity index (χ0) is 11.7. The summed E-state index contributed by atoms with van der Waals surface area (Å²) in [6.07, 6.45) is 3.71. The number of hydrogen-bond donors (Lipinski definition) is 1. The number of imidazole rings is 1. The number of aromatic nitrogens is 5. The fraction of sp³-hybridized carbons (Fsp3) is 0.500. The summed E-state index contributed by atoms with van der Waals surface area (Å²) >= 11 is 5.22. The maximum absolute atomic E-state index is 5.22. The Kier molecular flexibility index (Phi) is 2.91. The van der Waals surface area contributed by atoms with Crippen molar-refractivity contribution >= 4 is 12.2 Å². The first-order valence-corrected chi connectivity index (χ1v) is 5.61. The van der Waals surface area contributed by atoms with Crippen LogP contribution in [0.1, 0.15) is 31.4 Å². The smallest absolute Gasteiger partial charge is 0.195 e. The van der Waals surface area contributed by atoms with Crippen molar-refractivity contribution in [2.24, 2.45) is 7.05 Å². The zero-order valence-electron chi connectivity index (χ0n) is 9.64. The van der Waals surface area contributed by atoms with E-state index in [0.717, 1.165) is 11.6 Å². The molecule has 16 heavy (non-hydrogen) atoms. The molecule has 6 heteroatoms. The molecule has 0 aliphatic heterocycles. The maximum atomic E-state index is 5.22. The number of nitrogens with one attached hydrogen (secondary N) is 1. The van der Waals surface area contributed by atoms with E-state index in [2.05, 4.69) is 29.0 Å². The van der Waals surface area contributed by atoms with Gasteiger partial charge in [0.1, 0.15) is 11.6 Å². The average molecular weight is 237 g/mol.